The van der Waals surface area contributed by atoms with Gasteiger partial charge in [-0.05, 0) is 36.2 Å². The summed E-state index contributed by atoms with van der Waals surface area (Å²) in [7, 11) is 0. The van der Waals surface area contributed by atoms with Crippen molar-refractivity contribution in [1.29, 1.82) is 0 Å². The molecule has 6 heteroatoms. The molecule has 2 heterocycles. The van der Waals surface area contributed by atoms with Crippen molar-refractivity contribution < 1.29 is 5.11 Å². The molecule has 2 rings (SSSR count). The van der Waals surface area contributed by atoms with E-state index in [-0.39, 0.29) is 0 Å². The zero-order valence-corrected chi connectivity index (χ0v) is 12.6. The Hall–Kier alpha value is -0.880. The summed E-state index contributed by atoms with van der Waals surface area (Å²) in [6, 6.07) is 1.93. The first kappa shape index (κ1) is 14.5. The van der Waals surface area contributed by atoms with Crippen LogP contribution in [-0.2, 0) is 13.1 Å². The molecule has 2 aromatic rings. The van der Waals surface area contributed by atoms with E-state index in [0.29, 0.717) is 18.1 Å². The molecule has 0 radical (unpaired) electrons. The molecule has 0 saturated heterocycles. The number of rotatable bonds is 6. The molecular weight excluding hydrogens is 282 g/mol. The van der Waals surface area contributed by atoms with Crippen molar-refractivity contribution in [3.05, 3.63) is 38.8 Å². The smallest absolute Gasteiger partial charge is 0.0922 e. The number of aromatic nitrogens is 2. The van der Waals surface area contributed by atoms with Crippen LogP contribution in [0.2, 0.25) is 5.02 Å². The molecular formula is C13H18ClN3OS. The monoisotopic (exact) mass is 299 g/mol. The third-order valence-corrected chi connectivity index (χ3v) is 4.20. The highest BCUT2D eigenvalue weighted by Gasteiger charge is 2.13. The van der Waals surface area contributed by atoms with Crippen molar-refractivity contribution in [2.45, 2.75) is 33.0 Å². The van der Waals surface area contributed by atoms with Gasteiger partial charge in [-0.25, -0.2) is 0 Å². The summed E-state index contributed by atoms with van der Waals surface area (Å²) in [5.41, 5.74) is 2.77. The maximum atomic E-state index is 9.98. The summed E-state index contributed by atoms with van der Waals surface area (Å²) in [4.78, 5) is 0. The van der Waals surface area contributed by atoms with Crippen LogP contribution in [0.25, 0.3) is 0 Å². The van der Waals surface area contributed by atoms with Crippen LogP contribution >= 0.6 is 22.9 Å². The van der Waals surface area contributed by atoms with E-state index in [1.54, 1.807) is 11.3 Å². The minimum Gasteiger partial charge on any atom is -0.387 e. The van der Waals surface area contributed by atoms with Crippen LogP contribution in [0.4, 0.5) is 0 Å². The van der Waals surface area contributed by atoms with E-state index < -0.39 is 6.10 Å². The summed E-state index contributed by atoms with van der Waals surface area (Å²) in [5, 5.41) is 22.2. The highest BCUT2D eigenvalue weighted by molar-refractivity contribution is 7.07. The van der Waals surface area contributed by atoms with Crippen molar-refractivity contribution in [3.63, 3.8) is 0 Å². The average molecular weight is 300 g/mol. The standard InChI is InChI=1S/C13H18ClN3OS/c1-3-17-11(13(14)9(2)16-17)6-15-7-12(18)10-4-5-19-8-10/h4-5,8,12,15,18H,3,6-7H2,1-2H3. The van der Waals surface area contributed by atoms with E-state index in [1.165, 1.54) is 0 Å². The van der Waals surface area contributed by atoms with E-state index in [2.05, 4.69) is 10.4 Å². The largest absolute Gasteiger partial charge is 0.387 e. The summed E-state index contributed by atoms with van der Waals surface area (Å²) in [5.74, 6) is 0. The molecule has 104 valence electrons. The van der Waals surface area contributed by atoms with E-state index in [0.717, 1.165) is 23.5 Å². The number of halogens is 1. The molecule has 0 aliphatic carbocycles. The molecule has 0 amide bonds. The van der Waals surface area contributed by atoms with Crippen molar-refractivity contribution in [3.8, 4) is 0 Å². The maximum absolute atomic E-state index is 9.98. The van der Waals surface area contributed by atoms with Gasteiger partial charge in [0.2, 0.25) is 0 Å². The lowest BCUT2D eigenvalue weighted by molar-refractivity contribution is 0.174. The van der Waals surface area contributed by atoms with Crippen molar-refractivity contribution in [2.75, 3.05) is 6.54 Å². The Kier molecular flexibility index (Phi) is 4.99. The maximum Gasteiger partial charge on any atom is 0.0922 e. The zero-order chi connectivity index (χ0) is 13.8. The van der Waals surface area contributed by atoms with Crippen LogP contribution in [0.15, 0.2) is 16.8 Å². The molecule has 0 aliphatic heterocycles. The van der Waals surface area contributed by atoms with E-state index in [1.807, 2.05) is 35.4 Å². The van der Waals surface area contributed by atoms with E-state index in [4.69, 9.17) is 11.6 Å². The van der Waals surface area contributed by atoms with Crippen molar-refractivity contribution in [2.24, 2.45) is 0 Å². The van der Waals surface area contributed by atoms with Gasteiger partial charge in [-0.3, -0.25) is 4.68 Å². The van der Waals surface area contributed by atoms with Gasteiger partial charge in [0.15, 0.2) is 0 Å². The number of thiophene rings is 1. The van der Waals surface area contributed by atoms with Crippen LogP contribution in [0.3, 0.4) is 0 Å². The lowest BCUT2D eigenvalue weighted by atomic mass is 10.2. The number of hydrogen-bond donors (Lipinski definition) is 2. The summed E-state index contributed by atoms with van der Waals surface area (Å²) < 4.78 is 1.89. The third kappa shape index (κ3) is 3.36. The first-order chi connectivity index (χ1) is 9.13. The Balaban J connectivity index is 1.92. The minimum atomic E-state index is -0.482. The molecule has 0 aliphatic rings. The molecule has 0 fully saturated rings. The SMILES string of the molecule is CCn1nc(C)c(Cl)c1CNCC(O)c1ccsc1. The first-order valence-electron chi connectivity index (χ1n) is 6.26. The number of hydrogen-bond acceptors (Lipinski definition) is 4. The second kappa shape index (κ2) is 6.52. The minimum absolute atomic E-state index is 0.482. The fraction of sp³-hybridized carbons (Fsp3) is 0.462. The average Bonchev–Trinajstić information content (AvgIpc) is 3.01. The van der Waals surface area contributed by atoms with Gasteiger partial charge in [-0.15, -0.1) is 0 Å². The number of nitrogens with one attached hydrogen (secondary N) is 1. The summed E-state index contributed by atoms with van der Waals surface area (Å²) in [6.45, 7) is 5.83. The van der Waals surface area contributed by atoms with Gasteiger partial charge in [-0.2, -0.15) is 16.4 Å². The Labute approximate surface area is 122 Å². The van der Waals surface area contributed by atoms with E-state index in [9.17, 15) is 5.11 Å². The van der Waals surface area contributed by atoms with Crippen molar-refractivity contribution >= 4 is 22.9 Å². The number of aryl methyl sites for hydroxylation is 2. The van der Waals surface area contributed by atoms with Crippen molar-refractivity contribution in [1.82, 2.24) is 15.1 Å². The van der Waals surface area contributed by atoms with Crippen LogP contribution in [-0.4, -0.2) is 21.4 Å². The Morgan fingerprint density at radius 2 is 2.37 bits per heavy atom. The molecule has 0 spiro atoms. The van der Waals surface area contributed by atoms with Gasteiger partial charge in [0.1, 0.15) is 0 Å². The predicted molar refractivity (Wildman–Crippen MR) is 78.6 cm³/mol. The predicted octanol–water partition coefficient (Wildman–Crippen LogP) is 2.75. The molecule has 1 unspecified atom stereocenters. The van der Waals surface area contributed by atoms with E-state index >= 15 is 0 Å². The van der Waals surface area contributed by atoms with Crippen LogP contribution < -0.4 is 5.32 Å². The fourth-order valence-electron chi connectivity index (χ4n) is 1.95. The zero-order valence-electron chi connectivity index (χ0n) is 11.1. The molecule has 4 nitrogen and oxygen atoms in total. The topological polar surface area (TPSA) is 50.1 Å². The van der Waals surface area contributed by atoms with Gasteiger partial charge in [-0.1, -0.05) is 11.6 Å². The molecule has 0 saturated carbocycles. The highest BCUT2D eigenvalue weighted by atomic mass is 35.5. The molecule has 19 heavy (non-hydrogen) atoms. The quantitative estimate of drug-likeness (QED) is 0.862. The molecule has 2 aromatic heterocycles. The Bertz CT molecular complexity index is 524. The van der Waals surface area contributed by atoms with Gasteiger partial charge in [0.25, 0.3) is 0 Å². The molecule has 0 bridgehead atoms. The lowest BCUT2D eigenvalue weighted by Crippen LogP contribution is -2.22. The van der Waals surface area contributed by atoms with Crippen LogP contribution in [0.1, 0.15) is 30.0 Å². The summed E-state index contributed by atoms with van der Waals surface area (Å²) in [6.07, 6.45) is -0.482. The number of aliphatic hydroxyl groups excluding tert-OH is 1. The van der Waals surface area contributed by atoms with Crippen LogP contribution in [0, 0.1) is 6.92 Å². The normalized spacial score (nSPS) is 12.8. The lowest BCUT2D eigenvalue weighted by Gasteiger charge is -2.11. The Morgan fingerprint density at radius 3 is 3.00 bits per heavy atom. The van der Waals surface area contributed by atoms with Crippen LogP contribution in [0.5, 0.6) is 0 Å². The fourth-order valence-corrected chi connectivity index (χ4v) is 2.86. The first-order valence-corrected chi connectivity index (χ1v) is 7.58. The number of nitrogens with zero attached hydrogens (tertiary/aromatic N) is 2. The second-order valence-electron chi connectivity index (χ2n) is 4.37. The highest BCUT2D eigenvalue weighted by Crippen LogP contribution is 2.20. The molecule has 2 N–H and O–H groups in total. The number of aliphatic hydroxyl groups is 1. The summed E-state index contributed by atoms with van der Waals surface area (Å²) >= 11 is 7.81. The second-order valence-corrected chi connectivity index (χ2v) is 5.52. The Morgan fingerprint density at radius 1 is 1.58 bits per heavy atom. The molecule has 0 aromatic carbocycles. The van der Waals surface area contributed by atoms with Gasteiger partial charge < -0.3 is 10.4 Å². The third-order valence-electron chi connectivity index (χ3n) is 3.01. The van der Waals surface area contributed by atoms with Gasteiger partial charge >= 0.3 is 0 Å². The molecule has 1 atom stereocenters. The van der Waals surface area contributed by atoms with Gasteiger partial charge in [0, 0.05) is 19.6 Å². The van der Waals surface area contributed by atoms with Gasteiger partial charge in [0.05, 0.1) is 22.5 Å².